The molecule has 0 unspecified atom stereocenters. The second kappa shape index (κ2) is 10.7. The van der Waals surface area contributed by atoms with Gasteiger partial charge in [-0.3, -0.25) is 4.79 Å². The minimum absolute atomic E-state index is 0.169. The summed E-state index contributed by atoms with van der Waals surface area (Å²) in [6, 6.07) is 7.55. The van der Waals surface area contributed by atoms with Gasteiger partial charge in [0.05, 0.1) is 31.6 Å². The van der Waals surface area contributed by atoms with Gasteiger partial charge in [0, 0.05) is 51.8 Å². The van der Waals surface area contributed by atoms with Gasteiger partial charge in [0.2, 0.25) is 5.95 Å². The van der Waals surface area contributed by atoms with Gasteiger partial charge in [-0.2, -0.15) is 0 Å². The van der Waals surface area contributed by atoms with E-state index < -0.39 is 5.82 Å². The lowest BCUT2D eigenvalue weighted by Gasteiger charge is -2.36. The topological polar surface area (TPSA) is 102 Å². The van der Waals surface area contributed by atoms with Gasteiger partial charge in [-0.25, -0.2) is 14.4 Å². The number of hydrogen-bond acceptors (Lipinski definition) is 7. The van der Waals surface area contributed by atoms with Crippen molar-refractivity contribution in [3.05, 3.63) is 65.4 Å². The van der Waals surface area contributed by atoms with Crippen LogP contribution in [0.15, 0.2) is 42.7 Å². The Labute approximate surface area is 197 Å². The minimum atomic E-state index is -0.413. The number of rotatable bonds is 10. The molecule has 0 saturated heterocycles. The van der Waals surface area contributed by atoms with Crippen LogP contribution in [0.4, 0.5) is 10.3 Å². The second-order valence-electron chi connectivity index (χ2n) is 8.06. The van der Waals surface area contributed by atoms with Crippen LogP contribution in [0.5, 0.6) is 0 Å². The number of carbonyl (C=O) groups is 1. The summed E-state index contributed by atoms with van der Waals surface area (Å²) < 4.78 is 26.2. The van der Waals surface area contributed by atoms with Crippen molar-refractivity contribution in [2.24, 2.45) is 0 Å². The summed E-state index contributed by atoms with van der Waals surface area (Å²) in [5.74, 6) is -0.129. The van der Waals surface area contributed by atoms with Gasteiger partial charge < -0.3 is 29.4 Å². The van der Waals surface area contributed by atoms with Crippen molar-refractivity contribution < 1.29 is 23.8 Å². The Balaban J connectivity index is 1.62. The molecular weight excluding hydrogens is 441 g/mol. The maximum atomic E-state index is 13.9. The first-order valence-electron chi connectivity index (χ1n) is 11.0. The Morgan fingerprint density at radius 2 is 2.06 bits per heavy atom. The lowest BCUT2D eigenvalue weighted by molar-refractivity contribution is 0.0386. The molecule has 1 atom stereocenters. The first kappa shape index (κ1) is 23.8. The molecule has 4 rings (SSSR count). The number of nitrogens with zero attached hydrogens (tertiary/aromatic N) is 4. The van der Waals surface area contributed by atoms with Gasteiger partial charge in [0.15, 0.2) is 0 Å². The molecule has 180 valence electrons. The maximum Gasteiger partial charge on any atom is 0.271 e. The van der Waals surface area contributed by atoms with Crippen molar-refractivity contribution in [1.29, 1.82) is 0 Å². The van der Waals surface area contributed by atoms with E-state index in [-0.39, 0.29) is 25.1 Å². The van der Waals surface area contributed by atoms with E-state index in [1.54, 1.807) is 43.5 Å². The van der Waals surface area contributed by atoms with Gasteiger partial charge >= 0.3 is 0 Å². The van der Waals surface area contributed by atoms with Crippen LogP contribution in [0.3, 0.4) is 0 Å². The summed E-state index contributed by atoms with van der Waals surface area (Å²) in [5, 5.41) is 12.8. The SMILES string of the molecule is COCCNc1nccc(-c2cc3n(c2)C[C@H](COC)N(Cc2cc(F)ccc2CO)C3=O)n1. The number of aliphatic hydroxyl groups is 1. The zero-order valence-corrected chi connectivity index (χ0v) is 19.2. The zero-order chi connectivity index (χ0) is 24.1. The predicted octanol–water partition coefficient (Wildman–Crippen LogP) is 2.31. The Morgan fingerprint density at radius 3 is 2.82 bits per heavy atom. The fourth-order valence-electron chi connectivity index (χ4n) is 4.10. The molecule has 0 aliphatic carbocycles. The Bertz CT molecular complexity index is 1150. The lowest BCUT2D eigenvalue weighted by atomic mass is 10.0. The van der Waals surface area contributed by atoms with Crippen LogP contribution in [0.1, 0.15) is 21.6 Å². The molecule has 2 aromatic heterocycles. The smallest absolute Gasteiger partial charge is 0.271 e. The Hall–Kier alpha value is -3.34. The van der Waals surface area contributed by atoms with Crippen LogP contribution in [-0.2, 0) is 29.2 Å². The van der Waals surface area contributed by atoms with E-state index >= 15 is 0 Å². The van der Waals surface area contributed by atoms with Crippen molar-refractivity contribution in [2.45, 2.75) is 25.7 Å². The standard InChI is InChI=1S/C24H28FN5O4/c1-33-8-7-27-24-26-6-5-21(28-24)18-10-22-23(32)30(20(15-34-2)13-29(22)11-18)12-17-9-19(25)4-3-16(17)14-31/h3-6,9-11,20,31H,7-8,12-15H2,1-2H3,(H,26,27,28)/t20-/m1/s1. The lowest BCUT2D eigenvalue weighted by Crippen LogP contribution is -2.49. The van der Waals surface area contributed by atoms with Crippen LogP contribution in [-0.4, -0.2) is 70.5 Å². The van der Waals surface area contributed by atoms with Crippen LogP contribution in [0.2, 0.25) is 0 Å². The molecular formula is C24H28FN5O4. The number of anilines is 1. The third-order valence-corrected chi connectivity index (χ3v) is 5.80. The number of carbonyl (C=O) groups excluding carboxylic acids is 1. The van der Waals surface area contributed by atoms with Crippen molar-refractivity contribution in [2.75, 3.05) is 39.3 Å². The van der Waals surface area contributed by atoms with E-state index in [2.05, 4.69) is 15.3 Å². The molecule has 3 heterocycles. The Morgan fingerprint density at radius 1 is 1.21 bits per heavy atom. The molecule has 10 heteroatoms. The molecule has 0 bridgehead atoms. The zero-order valence-electron chi connectivity index (χ0n) is 19.2. The van der Waals surface area contributed by atoms with E-state index in [4.69, 9.17) is 9.47 Å². The molecule has 3 aromatic rings. The number of hydrogen-bond donors (Lipinski definition) is 2. The van der Waals surface area contributed by atoms with Crippen LogP contribution >= 0.6 is 0 Å². The van der Waals surface area contributed by atoms with Gasteiger partial charge in [0.1, 0.15) is 11.5 Å². The minimum Gasteiger partial charge on any atom is -0.392 e. The monoisotopic (exact) mass is 469 g/mol. The predicted molar refractivity (Wildman–Crippen MR) is 124 cm³/mol. The summed E-state index contributed by atoms with van der Waals surface area (Å²) in [6.07, 6.45) is 3.56. The molecule has 0 radical (unpaired) electrons. The second-order valence-corrected chi connectivity index (χ2v) is 8.06. The highest BCUT2D eigenvalue weighted by molar-refractivity contribution is 5.95. The van der Waals surface area contributed by atoms with Gasteiger partial charge in [-0.05, 0) is 35.4 Å². The largest absolute Gasteiger partial charge is 0.392 e. The molecule has 34 heavy (non-hydrogen) atoms. The number of nitrogens with one attached hydrogen (secondary N) is 1. The molecule has 1 aromatic carbocycles. The third kappa shape index (κ3) is 5.09. The number of methoxy groups -OCH3 is 2. The molecule has 0 fully saturated rings. The highest BCUT2D eigenvalue weighted by atomic mass is 19.1. The number of aliphatic hydroxyl groups excluding tert-OH is 1. The number of benzene rings is 1. The Kier molecular flexibility index (Phi) is 7.51. The summed E-state index contributed by atoms with van der Waals surface area (Å²) in [5.41, 5.74) is 3.14. The highest BCUT2D eigenvalue weighted by Crippen LogP contribution is 2.28. The molecule has 9 nitrogen and oxygen atoms in total. The van der Waals surface area contributed by atoms with Crippen LogP contribution in [0, 0.1) is 5.82 Å². The summed E-state index contributed by atoms with van der Waals surface area (Å²) in [7, 11) is 3.21. The van der Waals surface area contributed by atoms with Gasteiger partial charge in [0.25, 0.3) is 5.91 Å². The molecule has 0 saturated carbocycles. The van der Waals surface area contributed by atoms with Crippen molar-refractivity contribution in [3.8, 4) is 11.3 Å². The average molecular weight is 470 g/mol. The number of aromatic nitrogens is 3. The van der Waals surface area contributed by atoms with E-state index in [9.17, 15) is 14.3 Å². The molecule has 1 amide bonds. The number of ether oxygens (including phenoxy) is 2. The summed E-state index contributed by atoms with van der Waals surface area (Å²) >= 11 is 0. The quantitative estimate of drug-likeness (QED) is 0.440. The van der Waals surface area contributed by atoms with E-state index in [1.165, 1.54) is 12.1 Å². The average Bonchev–Trinajstić information content (AvgIpc) is 3.27. The van der Waals surface area contributed by atoms with E-state index in [1.807, 2.05) is 10.8 Å². The van der Waals surface area contributed by atoms with Crippen LogP contribution < -0.4 is 5.32 Å². The maximum absolute atomic E-state index is 13.9. The van der Waals surface area contributed by atoms with Gasteiger partial charge in [-0.15, -0.1) is 0 Å². The number of halogens is 1. The molecule has 1 aliphatic rings. The molecule has 0 spiro atoms. The van der Waals surface area contributed by atoms with Crippen molar-refractivity contribution in [3.63, 3.8) is 0 Å². The first-order valence-corrected chi connectivity index (χ1v) is 11.0. The fourth-order valence-corrected chi connectivity index (χ4v) is 4.10. The number of fused-ring (bicyclic) bond motifs is 1. The van der Waals surface area contributed by atoms with Gasteiger partial charge in [-0.1, -0.05) is 6.07 Å². The summed E-state index contributed by atoms with van der Waals surface area (Å²) in [6.45, 7) is 1.88. The third-order valence-electron chi connectivity index (χ3n) is 5.80. The van der Waals surface area contributed by atoms with E-state index in [0.29, 0.717) is 54.8 Å². The molecule has 1 aliphatic heterocycles. The first-order chi connectivity index (χ1) is 16.5. The number of amides is 1. The highest BCUT2D eigenvalue weighted by Gasteiger charge is 2.33. The summed E-state index contributed by atoms with van der Waals surface area (Å²) in [4.78, 5) is 24.0. The normalized spacial score (nSPS) is 15.5. The molecule has 2 N–H and O–H groups in total. The van der Waals surface area contributed by atoms with Crippen molar-refractivity contribution >= 4 is 11.9 Å². The fraction of sp³-hybridized carbons (Fsp3) is 0.375. The van der Waals surface area contributed by atoms with Crippen LogP contribution in [0.25, 0.3) is 11.3 Å². The van der Waals surface area contributed by atoms with Crippen molar-refractivity contribution in [1.82, 2.24) is 19.4 Å². The van der Waals surface area contributed by atoms with E-state index in [0.717, 1.165) is 5.56 Å².